The summed E-state index contributed by atoms with van der Waals surface area (Å²) in [4.78, 5) is 27.6. The first-order chi connectivity index (χ1) is 20.6. The minimum Gasteiger partial charge on any atom is -0.450 e. The van der Waals surface area contributed by atoms with Crippen molar-refractivity contribution in [1.29, 1.82) is 0 Å². The van der Waals surface area contributed by atoms with Gasteiger partial charge < -0.3 is 20.3 Å². The first kappa shape index (κ1) is 33.2. The van der Waals surface area contributed by atoms with Gasteiger partial charge in [-0.3, -0.25) is 4.79 Å². The Kier molecular flexibility index (Phi) is 11.4. The van der Waals surface area contributed by atoms with Gasteiger partial charge in [-0.05, 0) is 68.9 Å². The van der Waals surface area contributed by atoms with Crippen LogP contribution in [0, 0.1) is 5.82 Å². The number of hydrogen-bond acceptors (Lipinski definition) is 6. The zero-order chi connectivity index (χ0) is 31.0. The van der Waals surface area contributed by atoms with Crippen molar-refractivity contribution in [3.05, 3.63) is 64.4 Å². The van der Waals surface area contributed by atoms with Crippen molar-refractivity contribution in [3.8, 4) is 0 Å². The number of amides is 2. The molecule has 2 aliphatic rings. The summed E-state index contributed by atoms with van der Waals surface area (Å²) < 4.78 is 47.6. The van der Waals surface area contributed by atoms with Gasteiger partial charge >= 0.3 is 6.09 Å². The first-order valence-corrected chi connectivity index (χ1v) is 17.0. The monoisotopic (exact) mass is 636 g/mol. The third-order valence-corrected chi connectivity index (χ3v) is 10.8. The Morgan fingerprint density at radius 3 is 2.51 bits per heavy atom. The fraction of sp³-hybridized carbons (Fsp3) is 0.548. The fourth-order valence-electron chi connectivity index (χ4n) is 6.18. The number of nitrogens with one attached hydrogen (secondary N) is 2. The van der Waals surface area contributed by atoms with Crippen LogP contribution in [-0.2, 0) is 31.4 Å². The van der Waals surface area contributed by atoms with Crippen molar-refractivity contribution in [1.82, 2.24) is 14.5 Å². The van der Waals surface area contributed by atoms with E-state index in [1.54, 1.807) is 40.4 Å². The first-order valence-electron chi connectivity index (χ1n) is 15.0. The molecular weight excluding hydrogens is 595 g/mol. The van der Waals surface area contributed by atoms with Gasteiger partial charge in [0.15, 0.2) is 0 Å². The maximum atomic E-state index is 15.2. The lowest BCUT2D eigenvalue weighted by Crippen LogP contribution is -2.54. The van der Waals surface area contributed by atoms with E-state index in [0.717, 1.165) is 5.56 Å². The number of nitrogens with zero attached hydrogens (tertiary/aromatic N) is 2. The topological polar surface area (TPSA) is 108 Å². The van der Waals surface area contributed by atoms with E-state index in [-0.39, 0.29) is 36.6 Å². The van der Waals surface area contributed by atoms with Crippen molar-refractivity contribution in [3.63, 3.8) is 0 Å². The summed E-state index contributed by atoms with van der Waals surface area (Å²) >= 11 is 6.15. The Balaban J connectivity index is 1.50. The number of carbonyl (C=O) groups excluding carboxylic acids is 2. The Morgan fingerprint density at radius 1 is 1.12 bits per heavy atom. The third kappa shape index (κ3) is 8.26. The molecule has 0 aromatic heterocycles. The second kappa shape index (κ2) is 14.8. The smallest absolute Gasteiger partial charge is 0.409 e. The zero-order valence-corrected chi connectivity index (χ0v) is 26.5. The number of sulfonamides is 1. The summed E-state index contributed by atoms with van der Waals surface area (Å²) in [6, 6.07) is 11.7. The number of rotatable bonds is 11. The zero-order valence-electron chi connectivity index (χ0n) is 24.9. The minimum atomic E-state index is -3.40. The molecule has 9 nitrogen and oxygen atoms in total. The predicted octanol–water partition coefficient (Wildman–Crippen LogP) is 4.94. The summed E-state index contributed by atoms with van der Waals surface area (Å²) in [6.07, 6.45) is 2.08. The number of piperidine rings is 1. The van der Waals surface area contributed by atoms with Gasteiger partial charge in [0.2, 0.25) is 15.9 Å². The molecule has 12 heteroatoms. The molecule has 43 heavy (non-hydrogen) atoms. The minimum absolute atomic E-state index is 0.0808. The lowest BCUT2D eigenvalue weighted by atomic mass is 9.70. The molecule has 2 aliphatic heterocycles. The van der Waals surface area contributed by atoms with E-state index in [9.17, 15) is 18.0 Å². The van der Waals surface area contributed by atoms with Crippen LogP contribution < -0.4 is 10.6 Å². The van der Waals surface area contributed by atoms with E-state index in [2.05, 4.69) is 10.6 Å². The molecule has 0 radical (unpaired) electrons. The lowest BCUT2D eigenvalue weighted by Gasteiger charge is -2.41. The Labute approximate surface area is 259 Å². The summed E-state index contributed by atoms with van der Waals surface area (Å²) in [6.45, 7) is 6.22. The maximum absolute atomic E-state index is 15.2. The van der Waals surface area contributed by atoms with Crippen LogP contribution in [0.1, 0.15) is 57.1 Å². The number of anilines is 1. The third-order valence-electron chi connectivity index (χ3n) is 8.44. The number of carbonyl (C=O) groups is 2. The van der Waals surface area contributed by atoms with Gasteiger partial charge in [0.05, 0.1) is 12.4 Å². The quantitative estimate of drug-likeness (QED) is 0.362. The standard InChI is InChI=1S/C31H42ClFN4O5S/c1-3-20-43(40,41)37-19-16-34-22-25(37)12-13-26-27(33)6-5-7-28(26)35-29(38)21-31(23-8-10-24(32)11-9-23)14-17-36(18-15-31)30(39)42-4-2/h5-11,25,34H,3-4,12-22H2,1-2H3,(H,35,38)/t25-/m0/s1. The van der Waals surface area contributed by atoms with Crippen LogP contribution in [0.4, 0.5) is 14.9 Å². The molecule has 0 aliphatic carbocycles. The molecule has 0 unspecified atom stereocenters. The number of benzene rings is 2. The highest BCUT2D eigenvalue weighted by molar-refractivity contribution is 7.89. The molecule has 2 heterocycles. The Bertz CT molecular complexity index is 1370. The summed E-state index contributed by atoms with van der Waals surface area (Å²) in [5, 5.41) is 6.79. The molecule has 0 spiro atoms. The van der Waals surface area contributed by atoms with Crippen LogP contribution in [0.3, 0.4) is 0 Å². The van der Waals surface area contributed by atoms with Crippen LogP contribution in [0.5, 0.6) is 0 Å². The molecule has 0 saturated carbocycles. The molecule has 2 N–H and O–H groups in total. The molecule has 236 valence electrons. The molecule has 0 bridgehead atoms. The molecule has 2 aromatic carbocycles. The summed E-state index contributed by atoms with van der Waals surface area (Å²) in [5.41, 5.74) is 1.14. The lowest BCUT2D eigenvalue weighted by molar-refractivity contribution is -0.117. The van der Waals surface area contributed by atoms with E-state index in [1.807, 2.05) is 19.1 Å². The maximum Gasteiger partial charge on any atom is 0.409 e. The summed E-state index contributed by atoms with van der Waals surface area (Å²) in [5.74, 6) is -0.630. The van der Waals surface area contributed by atoms with Crippen molar-refractivity contribution >= 4 is 39.3 Å². The number of likely N-dealkylation sites (tertiary alicyclic amines) is 1. The number of hydrogen-bond donors (Lipinski definition) is 2. The average Bonchev–Trinajstić information content (AvgIpc) is 2.98. The molecule has 2 aromatic rings. The molecule has 2 fully saturated rings. The van der Waals surface area contributed by atoms with Gasteiger partial charge in [-0.2, -0.15) is 4.31 Å². The van der Waals surface area contributed by atoms with Crippen molar-refractivity contribution in [2.75, 3.05) is 50.4 Å². The normalized spacial score (nSPS) is 19.2. The number of piperazine rings is 1. The number of halogens is 2. The van der Waals surface area contributed by atoms with E-state index in [4.69, 9.17) is 16.3 Å². The van der Waals surface area contributed by atoms with Gasteiger partial charge in [0, 0.05) is 66.9 Å². The van der Waals surface area contributed by atoms with Crippen LogP contribution in [-0.4, -0.2) is 80.7 Å². The second-order valence-electron chi connectivity index (χ2n) is 11.3. The van der Waals surface area contributed by atoms with Gasteiger partial charge in [0.1, 0.15) is 5.82 Å². The van der Waals surface area contributed by atoms with E-state index >= 15 is 4.39 Å². The number of ether oxygens (including phenoxy) is 1. The summed E-state index contributed by atoms with van der Waals surface area (Å²) in [7, 11) is -3.40. The van der Waals surface area contributed by atoms with Crippen LogP contribution in [0.15, 0.2) is 42.5 Å². The fourth-order valence-corrected chi connectivity index (χ4v) is 8.06. The van der Waals surface area contributed by atoms with Crippen LogP contribution in [0.2, 0.25) is 5.02 Å². The Morgan fingerprint density at radius 2 is 1.84 bits per heavy atom. The predicted molar refractivity (Wildman–Crippen MR) is 166 cm³/mol. The average molecular weight is 637 g/mol. The largest absolute Gasteiger partial charge is 0.450 e. The highest BCUT2D eigenvalue weighted by atomic mass is 35.5. The van der Waals surface area contributed by atoms with Crippen molar-refractivity contribution in [2.45, 2.75) is 63.8 Å². The van der Waals surface area contributed by atoms with Gasteiger partial charge in [-0.25, -0.2) is 17.6 Å². The van der Waals surface area contributed by atoms with E-state index in [1.165, 1.54) is 6.07 Å². The molecule has 2 amide bonds. The van der Waals surface area contributed by atoms with Gasteiger partial charge in [-0.15, -0.1) is 0 Å². The SMILES string of the molecule is CCCS(=O)(=O)N1CCNC[C@@H]1CCc1c(F)cccc1NC(=O)CC1(c2ccc(Cl)cc2)CCN(C(=O)OCC)CC1. The van der Waals surface area contributed by atoms with Crippen molar-refractivity contribution < 1.29 is 27.1 Å². The Hall–Kier alpha value is -2.73. The molecular formula is C31H42ClFN4O5S. The van der Waals surface area contributed by atoms with E-state index in [0.29, 0.717) is 81.3 Å². The molecule has 1 atom stereocenters. The molecule has 2 saturated heterocycles. The van der Waals surface area contributed by atoms with Gasteiger partial charge in [-0.1, -0.05) is 36.7 Å². The highest BCUT2D eigenvalue weighted by Crippen LogP contribution is 2.40. The van der Waals surface area contributed by atoms with Gasteiger partial charge in [0.25, 0.3) is 0 Å². The molecule has 4 rings (SSSR count). The second-order valence-corrected chi connectivity index (χ2v) is 13.8. The highest BCUT2D eigenvalue weighted by Gasteiger charge is 2.40. The van der Waals surface area contributed by atoms with Crippen LogP contribution >= 0.6 is 11.6 Å². The van der Waals surface area contributed by atoms with E-state index < -0.39 is 21.3 Å². The van der Waals surface area contributed by atoms with Crippen molar-refractivity contribution in [2.24, 2.45) is 0 Å². The van der Waals surface area contributed by atoms with Crippen LogP contribution in [0.25, 0.3) is 0 Å².